The third-order valence-electron chi connectivity index (χ3n) is 1.28. The van der Waals surface area contributed by atoms with Crippen LogP contribution in [0.5, 0.6) is 0 Å². The summed E-state index contributed by atoms with van der Waals surface area (Å²) in [5.41, 5.74) is 4.34. The van der Waals surface area contributed by atoms with E-state index in [0.29, 0.717) is 0 Å². The van der Waals surface area contributed by atoms with Crippen molar-refractivity contribution in [1.29, 1.82) is 0 Å². The molecule has 0 aromatic heterocycles. The molecule has 0 saturated carbocycles. The Morgan fingerprint density at radius 3 is 2.27 bits per heavy atom. The molecule has 0 unspecified atom stereocenters. The average Bonchev–Trinajstić information content (AvgIpc) is 2.03. The summed E-state index contributed by atoms with van der Waals surface area (Å²) in [4.78, 5) is 0. The number of hydrogen-bond donors (Lipinski definition) is 2. The Labute approximate surface area is 75.9 Å². The number of hydrazine groups is 1. The summed E-state index contributed by atoms with van der Waals surface area (Å²) in [6.07, 6.45) is 0. The second-order valence-electron chi connectivity index (χ2n) is 2.79. The Morgan fingerprint density at radius 1 is 1.09 bits per heavy atom. The first-order valence-electron chi connectivity index (χ1n) is 3.85. The van der Waals surface area contributed by atoms with Crippen LogP contribution >= 0.6 is 0 Å². The minimum absolute atomic E-state index is 1.15. The second kappa shape index (κ2) is 4.67. The van der Waals surface area contributed by atoms with Crippen LogP contribution in [-0.4, -0.2) is 21.7 Å². The third-order valence-corrected chi connectivity index (χ3v) is 3.34. The van der Waals surface area contributed by atoms with Crippen molar-refractivity contribution in [2.45, 2.75) is 9.36 Å². The SMILES string of the molecule is [CH3][In]([CH3])[NH]Nc1ccccc1. The van der Waals surface area contributed by atoms with Crippen molar-refractivity contribution < 1.29 is 0 Å². The van der Waals surface area contributed by atoms with Crippen molar-refractivity contribution in [3.63, 3.8) is 0 Å². The Bertz CT molecular complexity index is 199. The van der Waals surface area contributed by atoms with Crippen LogP contribution in [0, 0.1) is 0 Å². The van der Waals surface area contributed by atoms with Gasteiger partial charge in [0.15, 0.2) is 0 Å². The van der Waals surface area contributed by atoms with E-state index in [1.807, 2.05) is 18.2 Å². The minimum atomic E-state index is -1.29. The van der Waals surface area contributed by atoms with Crippen molar-refractivity contribution in [3.8, 4) is 0 Å². The van der Waals surface area contributed by atoms with Gasteiger partial charge in [-0.05, 0) is 0 Å². The van der Waals surface area contributed by atoms with Gasteiger partial charge in [0.05, 0.1) is 0 Å². The summed E-state index contributed by atoms with van der Waals surface area (Å²) in [5.74, 6) is 0. The van der Waals surface area contributed by atoms with Crippen LogP contribution in [0.2, 0.25) is 9.36 Å². The molecule has 0 aliphatic rings. The van der Waals surface area contributed by atoms with E-state index >= 15 is 0 Å². The first-order valence-corrected chi connectivity index (χ1v) is 12.1. The molecule has 1 aromatic rings. The number of hydrogen-bond acceptors (Lipinski definition) is 2. The van der Waals surface area contributed by atoms with Crippen LogP contribution < -0.4 is 8.84 Å². The van der Waals surface area contributed by atoms with Gasteiger partial charge in [0.2, 0.25) is 0 Å². The van der Waals surface area contributed by atoms with Gasteiger partial charge in [-0.3, -0.25) is 0 Å². The Hall–Kier alpha value is -0.150. The standard InChI is InChI=1S/C6H7N2.2CH3.In/c7-8-6-4-2-1-3-5-6;;;/h1-5,7-8H;2*1H3;/q-1;;;+1. The van der Waals surface area contributed by atoms with Gasteiger partial charge in [-0.25, -0.2) is 0 Å². The first kappa shape index (κ1) is 8.94. The summed E-state index contributed by atoms with van der Waals surface area (Å²) >= 11 is -1.29. The molecule has 1 aromatic carbocycles. The molecule has 0 aliphatic heterocycles. The van der Waals surface area contributed by atoms with Crippen LogP contribution in [0.15, 0.2) is 30.3 Å². The Balaban J connectivity index is 2.39. The maximum atomic E-state index is 3.32. The van der Waals surface area contributed by atoms with Crippen molar-refractivity contribution in [2.75, 3.05) is 5.43 Å². The molecule has 0 saturated heterocycles. The molecule has 2 N–H and O–H groups in total. The van der Waals surface area contributed by atoms with E-state index in [0.717, 1.165) is 5.69 Å². The molecule has 0 bridgehead atoms. The Morgan fingerprint density at radius 2 is 1.73 bits per heavy atom. The zero-order chi connectivity index (χ0) is 8.10. The van der Waals surface area contributed by atoms with Crippen LogP contribution in [0.3, 0.4) is 0 Å². The summed E-state index contributed by atoms with van der Waals surface area (Å²) in [6, 6.07) is 10.2. The topological polar surface area (TPSA) is 24.1 Å². The molecular weight excluding hydrogens is 239 g/mol. The van der Waals surface area contributed by atoms with Gasteiger partial charge in [0, 0.05) is 0 Å². The van der Waals surface area contributed by atoms with E-state index in [-0.39, 0.29) is 0 Å². The van der Waals surface area contributed by atoms with Gasteiger partial charge >= 0.3 is 75.9 Å². The fraction of sp³-hybridized carbons (Fsp3) is 0.250. The summed E-state index contributed by atoms with van der Waals surface area (Å²) in [5, 5.41) is 0. The summed E-state index contributed by atoms with van der Waals surface area (Å²) < 4.78 is 7.93. The zero-order valence-corrected chi connectivity index (χ0v) is 10.3. The molecule has 11 heavy (non-hydrogen) atoms. The van der Waals surface area contributed by atoms with E-state index in [2.05, 4.69) is 30.3 Å². The molecule has 2 nitrogen and oxygen atoms in total. The number of para-hydroxylation sites is 1. The fourth-order valence-electron chi connectivity index (χ4n) is 0.749. The maximum absolute atomic E-state index is 3.32. The van der Waals surface area contributed by atoms with E-state index in [9.17, 15) is 0 Å². The molecule has 3 heteroatoms. The van der Waals surface area contributed by atoms with E-state index in [4.69, 9.17) is 0 Å². The monoisotopic (exact) mass is 252 g/mol. The fourth-order valence-corrected chi connectivity index (χ4v) is 2.05. The normalized spacial score (nSPS) is 9.27. The number of anilines is 1. The van der Waals surface area contributed by atoms with Gasteiger partial charge in [-0.15, -0.1) is 0 Å². The second-order valence-corrected chi connectivity index (χ2v) is 10.2. The predicted molar refractivity (Wildman–Crippen MR) is 50.7 cm³/mol. The third kappa shape index (κ3) is 3.68. The molecular formula is C8H13InN2. The molecule has 58 valence electrons. The van der Waals surface area contributed by atoms with E-state index < -0.39 is 21.7 Å². The Kier molecular flexibility index (Phi) is 3.80. The average molecular weight is 252 g/mol. The quantitative estimate of drug-likeness (QED) is 0.802. The van der Waals surface area contributed by atoms with Crippen molar-refractivity contribution in [1.82, 2.24) is 3.41 Å². The van der Waals surface area contributed by atoms with Gasteiger partial charge in [-0.1, -0.05) is 0 Å². The number of rotatable bonds is 3. The number of benzene rings is 1. The van der Waals surface area contributed by atoms with Gasteiger partial charge in [-0.2, -0.15) is 0 Å². The molecule has 0 amide bonds. The van der Waals surface area contributed by atoms with Crippen molar-refractivity contribution in [2.24, 2.45) is 0 Å². The predicted octanol–water partition coefficient (Wildman–Crippen LogP) is 1.85. The van der Waals surface area contributed by atoms with Gasteiger partial charge in [0.25, 0.3) is 0 Å². The van der Waals surface area contributed by atoms with Crippen LogP contribution in [-0.2, 0) is 0 Å². The van der Waals surface area contributed by atoms with Crippen molar-refractivity contribution in [3.05, 3.63) is 30.3 Å². The molecule has 0 aliphatic carbocycles. The van der Waals surface area contributed by atoms with Gasteiger partial charge < -0.3 is 0 Å². The van der Waals surface area contributed by atoms with Crippen LogP contribution in [0.1, 0.15) is 0 Å². The number of nitrogens with one attached hydrogen (secondary N) is 2. The van der Waals surface area contributed by atoms with E-state index in [1.165, 1.54) is 0 Å². The molecule has 0 atom stereocenters. The molecule has 0 heterocycles. The first-order chi connectivity index (χ1) is 5.29. The molecule has 0 spiro atoms. The summed E-state index contributed by atoms with van der Waals surface area (Å²) in [7, 11) is 0. The molecule has 0 radical (unpaired) electrons. The zero-order valence-electron chi connectivity index (χ0n) is 6.96. The van der Waals surface area contributed by atoms with Crippen LogP contribution in [0.4, 0.5) is 5.69 Å². The van der Waals surface area contributed by atoms with Crippen LogP contribution in [0.25, 0.3) is 0 Å². The van der Waals surface area contributed by atoms with Crippen molar-refractivity contribution >= 4 is 27.4 Å². The van der Waals surface area contributed by atoms with E-state index in [1.54, 1.807) is 0 Å². The molecule has 1 rings (SSSR count). The van der Waals surface area contributed by atoms with Gasteiger partial charge in [0.1, 0.15) is 0 Å². The summed E-state index contributed by atoms with van der Waals surface area (Å²) in [6.45, 7) is 0. The molecule has 0 fully saturated rings.